The van der Waals surface area contributed by atoms with Crippen LogP contribution in [0.3, 0.4) is 0 Å². The number of pyridine rings is 2. The van der Waals surface area contributed by atoms with Crippen molar-refractivity contribution in [3.05, 3.63) is 53.9 Å². The van der Waals surface area contributed by atoms with Crippen LogP contribution in [0.25, 0.3) is 10.9 Å². The van der Waals surface area contributed by atoms with Crippen molar-refractivity contribution < 1.29 is 14.3 Å². The lowest BCUT2D eigenvalue weighted by atomic mass is 10.0. The lowest BCUT2D eigenvalue weighted by Gasteiger charge is -2.17. The molecule has 1 aliphatic heterocycles. The van der Waals surface area contributed by atoms with Crippen LogP contribution < -0.4 is 15.4 Å². The minimum absolute atomic E-state index is 0.0710. The van der Waals surface area contributed by atoms with Crippen LogP contribution in [0.5, 0.6) is 5.75 Å². The third kappa shape index (κ3) is 2.76. The van der Waals surface area contributed by atoms with Crippen molar-refractivity contribution in [3.63, 3.8) is 0 Å². The summed E-state index contributed by atoms with van der Waals surface area (Å²) in [6, 6.07) is 9.20. The van der Waals surface area contributed by atoms with Crippen molar-refractivity contribution in [2.75, 3.05) is 17.2 Å². The number of aryl methyl sites for hydroxylation is 1. The summed E-state index contributed by atoms with van der Waals surface area (Å²) < 4.78 is 5.32. The van der Waals surface area contributed by atoms with E-state index in [0.717, 1.165) is 10.9 Å². The maximum absolute atomic E-state index is 12.8. The molecule has 7 heteroatoms. The van der Waals surface area contributed by atoms with Gasteiger partial charge in [-0.05, 0) is 18.6 Å². The molecule has 1 aliphatic rings. The molecule has 0 saturated heterocycles. The van der Waals surface area contributed by atoms with Gasteiger partial charge in [0.25, 0.3) is 11.8 Å². The van der Waals surface area contributed by atoms with E-state index < -0.39 is 0 Å². The average molecular weight is 334 g/mol. The molecular formula is C18H14N4O3. The van der Waals surface area contributed by atoms with Crippen LogP contribution >= 0.6 is 0 Å². The number of hydrogen-bond acceptors (Lipinski definition) is 5. The zero-order valence-corrected chi connectivity index (χ0v) is 13.4. The SMILES string of the molecule is Cc1ccc2cccnc2c1C(=O)Nc1cnc2c(c1)OCC(=O)N2. The third-order valence-electron chi connectivity index (χ3n) is 3.94. The molecule has 3 aromatic rings. The summed E-state index contributed by atoms with van der Waals surface area (Å²) in [6.45, 7) is 1.80. The molecule has 0 fully saturated rings. The maximum Gasteiger partial charge on any atom is 0.263 e. The smallest absolute Gasteiger partial charge is 0.263 e. The molecule has 2 amide bonds. The summed E-state index contributed by atoms with van der Waals surface area (Å²) in [7, 11) is 0. The molecule has 0 unspecified atom stereocenters. The second-order valence-electron chi connectivity index (χ2n) is 5.69. The number of aromatic nitrogens is 2. The van der Waals surface area contributed by atoms with Crippen LogP contribution in [-0.4, -0.2) is 28.4 Å². The molecule has 2 N–H and O–H groups in total. The maximum atomic E-state index is 12.8. The number of anilines is 2. The highest BCUT2D eigenvalue weighted by atomic mass is 16.5. The summed E-state index contributed by atoms with van der Waals surface area (Å²) in [4.78, 5) is 32.5. The molecule has 0 saturated carbocycles. The summed E-state index contributed by atoms with van der Waals surface area (Å²) in [6.07, 6.45) is 3.13. The van der Waals surface area contributed by atoms with Crippen LogP contribution in [0.15, 0.2) is 42.7 Å². The Labute approximate surface area is 143 Å². The number of nitrogens with one attached hydrogen (secondary N) is 2. The molecule has 0 bridgehead atoms. The van der Waals surface area contributed by atoms with Crippen molar-refractivity contribution in [1.82, 2.24) is 9.97 Å². The summed E-state index contributed by atoms with van der Waals surface area (Å²) in [5.74, 6) is 0.236. The van der Waals surface area contributed by atoms with Gasteiger partial charge in [0.2, 0.25) is 0 Å². The number of carbonyl (C=O) groups is 2. The Kier molecular flexibility index (Phi) is 3.53. The van der Waals surface area contributed by atoms with Crippen molar-refractivity contribution in [1.29, 1.82) is 0 Å². The topological polar surface area (TPSA) is 93.2 Å². The van der Waals surface area contributed by atoms with Gasteiger partial charge in [-0.15, -0.1) is 0 Å². The van der Waals surface area contributed by atoms with E-state index >= 15 is 0 Å². The van der Waals surface area contributed by atoms with E-state index in [2.05, 4.69) is 20.6 Å². The minimum Gasteiger partial charge on any atom is -0.480 e. The van der Waals surface area contributed by atoms with E-state index in [1.165, 1.54) is 6.20 Å². The van der Waals surface area contributed by atoms with E-state index in [1.807, 2.05) is 31.2 Å². The first-order valence-corrected chi connectivity index (χ1v) is 7.70. The monoisotopic (exact) mass is 334 g/mol. The minimum atomic E-state index is -0.275. The number of amides is 2. The molecular weight excluding hydrogens is 320 g/mol. The molecule has 25 heavy (non-hydrogen) atoms. The van der Waals surface area contributed by atoms with Crippen LogP contribution in [0, 0.1) is 6.92 Å². The Balaban J connectivity index is 1.67. The molecule has 3 heterocycles. The number of fused-ring (bicyclic) bond motifs is 2. The van der Waals surface area contributed by atoms with Gasteiger partial charge in [-0.25, -0.2) is 4.98 Å². The Morgan fingerprint density at radius 3 is 3.04 bits per heavy atom. The second kappa shape index (κ2) is 5.86. The van der Waals surface area contributed by atoms with Gasteiger partial charge in [0.05, 0.1) is 23.0 Å². The summed E-state index contributed by atoms with van der Waals surface area (Å²) in [5, 5.41) is 6.32. The van der Waals surface area contributed by atoms with Gasteiger partial charge >= 0.3 is 0 Å². The van der Waals surface area contributed by atoms with E-state index in [0.29, 0.717) is 28.3 Å². The van der Waals surface area contributed by atoms with Crippen molar-refractivity contribution in [3.8, 4) is 5.75 Å². The van der Waals surface area contributed by atoms with Gasteiger partial charge in [0, 0.05) is 17.6 Å². The number of rotatable bonds is 2. The lowest BCUT2D eigenvalue weighted by Crippen LogP contribution is -2.26. The molecule has 0 spiro atoms. The normalized spacial score (nSPS) is 12.9. The zero-order chi connectivity index (χ0) is 17.4. The Morgan fingerprint density at radius 1 is 1.28 bits per heavy atom. The first-order chi connectivity index (χ1) is 12.1. The Hall–Kier alpha value is -3.48. The quantitative estimate of drug-likeness (QED) is 0.751. The van der Waals surface area contributed by atoms with Crippen LogP contribution in [0.4, 0.5) is 11.5 Å². The highest BCUT2D eigenvalue weighted by molar-refractivity contribution is 6.13. The molecule has 124 valence electrons. The molecule has 2 aromatic heterocycles. The van der Waals surface area contributed by atoms with E-state index in [-0.39, 0.29) is 18.4 Å². The zero-order valence-electron chi connectivity index (χ0n) is 13.4. The molecule has 1 aromatic carbocycles. The summed E-state index contributed by atoms with van der Waals surface area (Å²) in [5.41, 5.74) is 2.48. The standard InChI is InChI=1S/C18H14N4O3/c1-10-4-5-11-3-2-6-19-16(11)15(10)18(24)21-12-7-13-17(20-8-12)22-14(23)9-25-13/h2-8H,9H2,1H3,(H,21,24)(H,20,22,23). The van der Waals surface area contributed by atoms with Crippen molar-refractivity contribution >= 4 is 34.2 Å². The number of ether oxygens (including phenoxy) is 1. The fraction of sp³-hybridized carbons (Fsp3) is 0.111. The molecule has 0 radical (unpaired) electrons. The highest BCUT2D eigenvalue weighted by Crippen LogP contribution is 2.28. The number of carbonyl (C=O) groups excluding carboxylic acids is 2. The molecule has 0 atom stereocenters. The van der Waals surface area contributed by atoms with E-state index in [4.69, 9.17) is 4.74 Å². The Morgan fingerprint density at radius 2 is 2.16 bits per heavy atom. The third-order valence-corrected chi connectivity index (χ3v) is 3.94. The van der Waals surface area contributed by atoms with Crippen molar-refractivity contribution in [2.45, 2.75) is 6.92 Å². The van der Waals surface area contributed by atoms with Crippen LogP contribution in [0.2, 0.25) is 0 Å². The van der Waals surface area contributed by atoms with Crippen molar-refractivity contribution in [2.24, 2.45) is 0 Å². The largest absolute Gasteiger partial charge is 0.480 e. The van der Waals surface area contributed by atoms with Gasteiger partial charge in [-0.2, -0.15) is 0 Å². The molecule has 0 aliphatic carbocycles. The number of hydrogen-bond donors (Lipinski definition) is 2. The van der Waals surface area contributed by atoms with Gasteiger partial charge < -0.3 is 15.4 Å². The van der Waals surface area contributed by atoms with Crippen LogP contribution in [-0.2, 0) is 4.79 Å². The average Bonchev–Trinajstić information content (AvgIpc) is 2.61. The van der Waals surface area contributed by atoms with Gasteiger partial charge in [-0.3, -0.25) is 14.6 Å². The second-order valence-corrected chi connectivity index (χ2v) is 5.69. The fourth-order valence-corrected chi connectivity index (χ4v) is 2.75. The summed E-state index contributed by atoms with van der Waals surface area (Å²) >= 11 is 0. The predicted octanol–water partition coefficient (Wildman–Crippen LogP) is 2.52. The lowest BCUT2D eigenvalue weighted by molar-refractivity contribution is -0.118. The first kappa shape index (κ1) is 15.1. The first-order valence-electron chi connectivity index (χ1n) is 7.70. The fourth-order valence-electron chi connectivity index (χ4n) is 2.75. The van der Waals surface area contributed by atoms with Crippen LogP contribution in [0.1, 0.15) is 15.9 Å². The Bertz CT molecular complexity index is 1020. The van der Waals surface area contributed by atoms with Gasteiger partial charge in [-0.1, -0.05) is 18.2 Å². The van der Waals surface area contributed by atoms with E-state index in [1.54, 1.807) is 12.3 Å². The number of nitrogens with zero attached hydrogens (tertiary/aromatic N) is 2. The molecule has 7 nitrogen and oxygen atoms in total. The van der Waals surface area contributed by atoms with Gasteiger partial charge in [0.1, 0.15) is 0 Å². The van der Waals surface area contributed by atoms with Gasteiger partial charge in [0.15, 0.2) is 18.2 Å². The number of benzene rings is 1. The predicted molar refractivity (Wildman–Crippen MR) is 92.8 cm³/mol. The molecule has 4 rings (SSSR count). The highest BCUT2D eigenvalue weighted by Gasteiger charge is 2.19. The van der Waals surface area contributed by atoms with E-state index in [9.17, 15) is 9.59 Å².